The highest BCUT2D eigenvalue weighted by atomic mass is 16.2. The third-order valence-corrected chi connectivity index (χ3v) is 3.29. The lowest BCUT2D eigenvalue weighted by atomic mass is 9.94. The second-order valence-corrected chi connectivity index (χ2v) is 4.77. The molecule has 0 aliphatic carbocycles. The molecule has 1 amide bonds. The Morgan fingerprint density at radius 3 is 2.31 bits per heavy atom. The monoisotopic (exact) mass is 227 g/mol. The zero-order valence-electron chi connectivity index (χ0n) is 11.6. The molecule has 0 aromatic rings. The second-order valence-electron chi connectivity index (χ2n) is 4.77. The van der Waals surface area contributed by atoms with Gasteiger partial charge in [0.25, 0.3) is 0 Å². The van der Waals surface area contributed by atoms with Gasteiger partial charge in [-0.05, 0) is 18.8 Å². The van der Waals surface area contributed by atoms with Crippen LogP contribution in [0.15, 0.2) is 0 Å². The van der Waals surface area contributed by atoms with Crippen molar-refractivity contribution < 1.29 is 4.79 Å². The fourth-order valence-electron chi connectivity index (χ4n) is 2.02. The minimum Gasteiger partial charge on any atom is -0.346 e. The Kier molecular flexibility index (Phi) is 9.36. The summed E-state index contributed by atoms with van der Waals surface area (Å²) in [6.07, 6.45) is 7.93. The third-order valence-electron chi connectivity index (χ3n) is 3.29. The van der Waals surface area contributed by atoms with Crippen molar-refractivity contribution in [2.45, 2.75) is 65.7 Å². The van der Waals surface area contributed by atoms with Gasteiger partial charge >= 0.3 is 0 Å². The van der Waals surface area contributed by atoms with Gasteiger partial charge in [-0.25, -0.2) is 0 Å². The maximum Gasteiger partial charge on any atom is 0.222 e. The molecule has 0 rings (SSSR count). The maximum absolute atomic E-state index is 11.8. The van der Waals surface area contributed by atoms with E-state index in [9.17, 15) is 4.79 Å². The summed E-state index contributed by atoms with van der Waals surface area (Å²) in [4.78, 5) is 13.6. The smallest absolute Gasteiger partial charge is 0.222 e. The Bertz CT molecular complexity index is 180. The molecular weight excluding hydrogens is 198 g/mol. The van der Waals surface area contributed by atoms with Crippen LogP contribution >= 0.6 is 0 Å². The molecule has 0 saturated carbocycles. The zero-order chi connectivity index (χ0) is 12.4. The number of carbonyl (C=O) groups excluding carboxylic acids is 1. The highest BCUT2D eigenvalue weighted by molar-refractivity contribution is 5.75. The lowest BCUT2D eigenvalue weighted by molar-refractivity contribution is -0.130. The molecule has 0 saturated heterocycles. The molecule has 0 aliphatic heterocycles. The molecule has 0 radical (unpaired) electrons. The van der Waals surface area contributed by atoms with Crippen LogP contribution in [0.2, 0.25) is 0 Å². The van der Waals surface area contributed by atoms with Crippen LogP contribution in [0.3, 0.4) is 0 Å². The van der Waals surface area contributed by atoms with E-state index >= 15 is 0 Å². The second kappa shape index (κ2) is 9.68. The molecule has 0 bridgehead atoms. The molecule has 0 fully saturated rings. The molecule has 0 spiro atoms. The van der Waals surface area contributed by atoms with Crippen molar-refractivity contribution >= 4 is 5.91 Å². The number of rotatable bonds is 9. The lowest BCUT2D eigenvalue weighted by Crippen LogP contribution is -2.27. The van der Waals surface area contributed by atoms with E-state index in [4.69, 9.17) is 0 Å². The molecule has 0 heterocycles. The van der Waals surface area contributed by atoms with Gasteiger partial charge in [0.05, 0.1) is 0 Å². The fraction of sp³-hybridized carbons (Fsp3) is 0.929. The zero-order valence-corrected chi connectivity index (χ0v) is 11.6. The van der Waals surface area contributed by atoms with Gasteiger partial charge in [0.1, 0.15) is 0 Å². The first-order valence-corrected chi connectivity index (χ1v) is 6.89. The Hall–Kier alpha value is -0.530. The third kappa shape index (κ3) is 6.86. The van der Waals surface area contributed by atoms with Crippen molar-refractivity contribution in [3.63, 3.8) is 0 Å². The van der Waals surface area contributed by atoms with Gasteiger partial charge in [0.2, 0.25) is 5.91 Å². The van der Waals surface area contributed by atoms with Crippen LogP contribution in [0.25, 0.3) is 0 Å². The molecule has 0 aromatic heterocycles. The van der Waals surface area contributed by atoms with E-state index in [1.54, 1.807) is 0 Å². The van der Waals surface area contributed by atoms with Gasteiger partial charge in [-0.3, -0.25) is 4.79 Å². The first-order chi connectivity index (χ1) is 7.65. The molecule has 96 valence electrons. The normalized spacial score (nSPS) is 12.5. The van der Waals surface area contributed by atoms with Crippen molar-refractivity contribution in [3.8, 4) is 0 Å². The highest BCUT2D eigenvalue weighted by Gasteiger charge is 2.11. The standard InChI is InChI=1S/C14H29NO/c1-5-8-9-13(7-3)10-11-14(16)15(4)12-6-2/h13H,5-12H2,1-4H3. The van der Waals surface area contributed by atoms with E-state index in [1.165, 1.54) is 25.7 Å². The predicted octanol–water partition coefficient (Wildman–Crippen LogP) is 3.85. The molecule has 0 aromatic carbocycles. The summed E-state index contributed by atoms with van der Waals surface area (Å²) in [5.41, 5.74) is 0. The maximum atomic E-state index is 11.8. The number of hydrogen-bond donors (Lipinski definition) is 0. The lowest BCUT2D eigenvalue weighted by Gasteiger charge is -2.18. The van der Waals surface area contributed by atoms with E-state index in [0.717, 1.165) is 31.7 Å². The van der Waals surface area contributed by atoms with E-state index in [-0.39, 0.29) is 0 Å². The molecule has 2 nitrogen and oxygen atoms in total. The Labute approximate surface area is 101 Å². The SMILES string of the molecule is CCCCC(CC)CCC(=O)N(C)CCC. The number of hydrogen-bond acceptors (Lipinski definition) is 1. The first kappa shape index (κ1) is 15.5. The van der Waals surface area contributed by atoms with Crippen LogP contribution in [0.1, 0.15) is 65.7 Å². The van der Waals surface area contributed by atoms with Crippen LogP contribution in [-0.4, -0.2) is 24.4 Å². The Morgan fingerprint density at radius 1 is 1.12 bits per heavy atom. The van der Waals surface area contributed by atoms with Gasteiger partial charge in [-0.2, -0.15) is 0 Å². The molecule has 0 N–H and O–H groups in total. The first-order valence-electron chi connectivity index (χ1n) is 6.89. The number of carbonyl (C=O) groups is 1. The van der Waals surface area contributed by atoms with Gasteiger partial charge in [-0.15, -0.1) is 0 Å². The quantitative estimate of drug-likeness (QED) is 0.586. The van der Waals surface area contributed by atoms with Crippen molar-refractivity contribution in [1.29, 1.82) is 0 Å². The molecule has 1 atom stereocenters. The summed E-state index contributed by atoms with van der Waals surface area (Å²) < 4.78 is 0. The van der Waals surface area contributed by atoms with Crippen LogP contribution in [0, 0.1) is 5.92 Å². The molecule has 16 heavy (non-hydrogen) atoms. The summed E-state index contributed by atoms with van der Waals surface area (Å²) in [6.45, 7) is 7.47. The average Bonchev–Trinajstić information content (AvgIpc) is 2.29. The summed E-state index contributed by atoms with van der Waals surface area (Å²) in [5, 5.41) is 0. The largest absolute Gasteiger partial charge is 0.346 e. The van der Waals surface area contributed by atoms with Crippen LogP contribution in [0.4, 0.5) is 0 Å². The van der Waals surface area contributed by atoms with E-state index in [1.807, 2.05) is 11.9 Å². The van der Waals surface area contributed by atoms with Gasteiger partial charge < -0.3 is 4.90 Å². The molecule has 0 aliphatic rings. The van der Waals surface area contributed by atoms with Crippen molar-refractivity contribution in [3.05, 3.63) is 0 Å². The number of amides is 1. The van der Waals surface area contributed by atoms with Gasteiger partial charge in [-0.1, -0.05) is 46.5 Å². The summed E-state index contributed by atoms with van der Waals surface area (Å²) in [7, 11) is 1.92. The molecule has 2 heteroatoms. The minimum atomic E-state index is 0.316. The van der Waals surface area contributed by atoms with E-state index < -0.39 is 0 Å². The van der Waals surface area contributed by atoms with Crippen LogP contribution < -0.4 is 0 Å². The van der Waals surface area contributed by atoms with Gasteiger partial charge in [0, 0.05) is 20.0 Å². The van der Waals surface area contributed by atoms with Crippen molar-refractivity contribution in [2.75, 3.05) is 13.6 Å². The molecular formula is C14H29NO. The minimum absolute atomic E-state index is 0.316. The van der Waals surface area contributed by atoms with Crippen LogP contribution in [0.5, 0.6) is 0 Å². The Balaban J connectivity index is 3.78. The average molecular weight is 227 g/mol. The summed E-state index contributed by atoms with van der Waals surface area (Å²) >= 11 is 0. The number of nitrogens with zero attached hydrogens (tertiary/aromatic N) is 1. The predicted molar refractivity (Wildman–Crippen MR) is 70.5 cm³/mol. The summed E-state index contributed by atoms with van der Waals surface area (Å²) in [5.74, 6) is 1.07. The molecule has 1 unspecified atom stereocenters. The van der Waals surface area contributed by atoms with Gasteiger partial charge in [0.15, 0.2) is 0 Å². The van der Waals surface area contributed by atoms with E-state index in [0.29, 0.717) is 5.91 Å². The fourth-order valence-corrected chi connectivity index (χ4v) is 2.02. The number of unbranched alkanes of at least 4 members (excludes halogenated alkanes) is 1. The Morgan fingerprint density at radius 2 is 1.81 bits per heavy atom. The highest BCUT2D eigenvalue weighted by Crippen LogP contribution is 2.18. The topological polar surface area (TPSA) is 20.3 Å². The summed E-state index contributed by atoms with van der Waals surface area (Å²) in [6, 6.07) is 0. The van der Waals surface area contributed by atoms with Crippen molar-refractivity contribution in [2.24, 2.45) is 5.92 Å². The van der Waals surface area contributed by atoms with Crippen molar-refractivity contribution in [1.82, 2.24) is 4.90 Å². The van der Waals surface area contributed by atoms with E-state index in [2.05, 4.69) is 20.8 Å². The van der Waals surface area contributed by atoms with Crippen LogP contribution in [-0.2, 0) is 4.79 Å².